The number of rotatable bonds is 6. The van der Waals surface area contributed by atoms with Crippen LogP contribution in [0.5, 0.6) is 5.75 Å². The van der Waals surface area contributed by atoms with Gasteiger partial charge in [-0.05, 0) is 43.5 Å². The zero-order valence-electron chi connectivity index (χ0n) is 18.2. The van der Waals surface area contributed by atoms with Gasteiger partial charge in [-0.25, -0.2) is 0 Å². The molecule has 1 aliphatic rings. The minimum absolute atomic E-state index is 0. The average molecular weight is 492 g/mol. The number of hydrogen-bond donors (Lipinski definition) is 1. The van der Waals surface area contributed by atoms with Crippen molar-refractivity contribution in [3.63, 3.8) is 0 Å². The van der Waals surface area contributed by atoms with Gasteiger partial charge in [0.05, 0.1) is 12.2 Å². The summed E-state index contributed by atoms with van der Waals surface area (Å²) in [6.45, 7) is 8.46. The lowest BCUT2D eigenvalue weighted by Crippen LogP contribution is -2.49. The van der Waals surface area contributed by atoms with Gasteiger partial charge in [-0.15, -0.1) is 24.8 Å². The van der Waals surface area contributed by atoms with Gasteiger partial charge in [0.25, 0.3) is 0 Å². The Morgan fingerprint density at radius 3 is 2.16 bits per heavy atom. The molecule has 0 atom stereocenters. The molecule has 9 heteroatoms. The number of benzene rings is 2. The molecule has 0 aliphatic carbocycles. The van der Waals surface area contributed by atoms with Crippen molar-refractivity contribution >= 4 is 30.6 Å². The van der Waals surface area contributed by atoms with Crippen molar-refractivity contribution in [3.05, 3.63) is 64.7 Å². The third kappa shape index (κ3) is 7.29. The zero-order chi connectivity index (χ0) is 21.7. The van der Waals surface area contributed by atoms with Crippen molar-refractivity contribution in [2.45, 2.75) is 26.4 Å². The number of halogens is 5. The molecular formula is C23H30Cl2F3N3O. The fraction of sp³-hybridized carbons (Fsp3) is 0.435. The number of piperazine rings is 1. The van der Waals surface area contributed by atoms with Gasteiger partial charge < -0.3 is 9.64 Å². The Labute approximate surface area is 200 Å². The average Bonchev–Trinajstić information content (AvgIpc) is 2.72. The smallest absolute Gasteiger partial charge is 0.416 e. The number of nitrogens with zero attached hydrogens (tertiary/aromatic N) is 2. The second-order valence-electron chi connectivity index (χ2n) is 7.68. The first-order valence-corrected chi connectivity index (χ1v) is 10.2. The second kappa shape index (κ2) is 12.3. The van der Waals surface area contributed by atoms with Crippen LogP contribution in [0.15, 0.2) is 42.5 Å². The van der Waals surface area contributed by atoms with Crippen LogP contribution in [0.4, 0.5) is 13.2 Å². The van der Waals surface area contributed by atoms with Gasteiger partial charge in [0.15, 0.2) is 0 Å². The Morgan fingerprint density at radius 2 is 1.56 bits per heavy atom. The number of ether oxygens (including phenoxy) is 1. The van der Waals surface area contributed by atoms with Gasteiger partial charge in [-0.2, -0.15) is 13.2 Å². The number of alkyl halides is 3. The quantitative estimate of drug-likeness (QED) is 0.325. The highest BCUT2D eigenvalue weighted by atomic mass is 35.5. The van der Waals surface area contributed by atoms with E-state index in [4.69, 9.17) is 10.1 Å². The molecule has 32 heavy (non-hydrogen) atoms. The number of nitrogens with one attached hydrogen (secondary N) is 1. The molecule has 2 aromatic carbocycles. The van der Waals surface area contributed by atoms with Gasteiger partial charge in [0, 0.05) is 38.3 Å². The molecule has 0 aromatic heterocycles. The maximum atomic E-state index is 12.9. The molecule has 0 amide bonds. The van der Waals surface area contributed by atoms with Crippen molar-refractivity contribution < 1.29 is 17.9 Å². The lowest BCUT2D eigenvalue weighted by Gasteiger charge is -2.36. The van der Waals surface area contributed by atoms with Crippen LogP contribution in [0.25, 0.3) is 0 Å². The van der Waals surface area contributed by atoms with Crippen LogP contribution >= 0.6 is 24.8 Å². The molecule has 0 radical (unpaired) electrons. The molecule has 0 spiro atoms. The van der Waals surface area contributed by atoms with Crippen LogP contribution in [0, 0.1) is 19.3 Å². The van der Waals surface area contributed by atoms with Crippen molar-refractivity contribution in [1.82, 2.24) is 9.80 Å². The standard InChI is InChI=1S/C23H28F3N3O.2ClH/c1-17-6-3-7-18(2)21(17)30-15-5-10-28-11-13-29(14-12-28)22(27)19-8-4-9-20(16-19)23(24,25)26;;/h3-4,6-9,16,27H,5,10-15H2,1-2H3;2*1H. The van der Waals surface area contributed by atoms with Gasteiger partial charge in [0.2, 0.25) is 0 Å². The number of para-hydroxylation sites is 1. The fourth-order valence-corrected chi connectivity index (χ4v) is 3.71. The van der Waals surface area contributed by atoms with Crippen molar-refractivity contribution in [2.75, 3.05) is 39.3 Å². The predicted molar refractivity (Wildman–Crippen MR) is 127 cm³/mol. The highest BCUT2D eigenvalue weighted by molar-refractivity contribution is 5.96. The molecule has 0 unspecified atom stereocenters. The summed E-state index contributed by atoms with van der Waals surface area (Å²) in [5, 5.41) is 8.31. The summed E-state index contributed by atoms with van der Waals surface area (Å²) in [6.07, 6.45) is -3.49. The predicted octanol–water partition coefficient (Wildman–Crippen LogP) is 5.58. The van der Waals surface area contributed by atoms with Crippen LogP contribution in [0.3, 0.4) is 0 Å². The van der Waals surface area contributed by atoms with E-state index in [1.807, 2.05) is 36.9 Å². The third-order valence-electron chi connectivity index (χ3n) is 5.43. The summed E-state index contributed by atoms with van der Waals surface area (Å²) in [6, 6.07) is 11.1. The molecule has 3 rings (SSSR count). The topological polar surface area (TPSA) is 39.6 Å². The molecule has 1 saturated heterocycles. The van der Waals surface area contributed by atoms with Crippen molar-refractivity contribution in [1.29, 1.82) is 5.41 Å². The molecule has 1 fully saturated rings. The maximum absolute atomic E-state index is 12.9. The van der Waals surface area contributed by atoms with Gasteiger partial charge in [-0.3, -0.25) is 10.3 Å². The number of amidine groups is 1. The molecular weight excluding hydrogens is 462 g/mol. The Morgan fingerprint density at radius 1 is 0.969 bits per heavy atom. The van der Waals surface area contributed by atoms with E-state index < -0.39 is 11.7 Å². The highest BCUT2D eigenvalue weighted by Gasteiger charge is 2.31. The summed E-state index contributed by atoms with van der Waals surface area (Å²) in [4.78, 5) is 4.16. The van der Waals surface area contributed by atoms with Crippen LogP contribution in [0.1, 0.15) is 28.7 Å². The molecule has 0 bridgehead atoms. The van der Waals surface area contributed by atoms with E-state index in [-0.39, 0.29) is 30.6 Å². The van der Waals surface area contributed by atoms with Crippen LogP contribution < -0.4 is 4.74 Å². The van der Waals surface area contributed by atoms with Crippen LogP contribution in [-0.4, -0.2) is 55.0 Å². The van der Waals surface area contributed by atoms with E-state index in [1.165, 1.54) is 6.07 Å². The summed E-state index contributed by atoms with van der Waals surface area (Å²) >= 11 is 0. The van der Waals surface area contributed by atoms with Gasteiger partial charge in [-0.1, -0.05) is 30.3 Å². The number of aryl methyl sites for hydroxylation is 2. The van der Waals surface area contributed by atoms with Crippen molar-refractivity contribution in [3.8, 4) is 5.75 Å². The first kappa shape index (κ1) is 28.1. The first-order chi connectivity index (χ1) is 14.3. The lowest BCUT2D eigenvalue weighted by atomic mass is 10.1. The number of hydrogen-bond acceptors (Lipinski definition) is 3. The van der Waals surface area contributed by atoms with E-state index >= 15 is 0 Å². The van der Waals surface area contributed by atoms with Gasteiger partial charge in [0.1, 0.15) is 11.6 Å². The molecule has 1 heterocycles. The largest absolute Gasteiger partial charge is 0.493 e. The molecule has 4 nitrogen and oxygen atoms in total. The highest BCUT2D eigenvalue weighted by Crippen LogP contribution is 2.30. The second-order valence-corrected chi connectivity index (χ2v) is 7.68. The van der Waals surface area contributed by atoms with Gasteiger partial charge >= 0.3 is 6.18 Å². The molecule has 2 aromatic rings. The summed E-state index contributed by atoms with van der Waals surface area (Å²) in [5.41, 5.74) is 1.86. The fourth-order valence-electron chi connectivity index (χ4n) is 3.71. The molecule has 178 valence electrons. The Hall–Kier alpha value is -1.96. The van der Waals surface area contributed by atoms with E-state index in [1.54, 1.807) is 6.07 Å². The Kier molecular flexibility index (Phi) is 10.8. The monoisotopic (exact) mass is 491 g/mol. The Balaban J connectivity index is 0.00000256. The van der Waals surface area contributed by atoms with Crippen LogP contribution in [-0.2, 0) is 6.18 Å². The van der Waals surface area contributed by atoms with Crippen LogP contribution in [0.2, 0.25) is 0 Å². The van der Waals surface area contributed by atoms with Crippen molar-refractivity contribution in [2.24, 2.45) is 0 Å². The first-order valence-electron chi connectivity index (χ1n) is 10.2. The summed E-state index contributed by atoms with van der Waals surface area (Å²) in [5.74, 6) is 1.11. The molecule has 1 aliphatic heterocycles. The summed E-state index contributed by atoms with van der Waals surface area (Å²) < 4.78 is 44.7. The Bertz CT molecular complexity index is 865. The van der Waals surface area contributed by atoms with E-state index in [0.717, 1.165) is 55.1 Å². The van der Waals surface area contributed by atoms with E-state index in [2.05, 4.69) is 4.90 Å². The zero-order valence-corrected chi connectivity index (χ0v) is 19.9. The van der Waals surface area contributed by atoms with E-state index in [9.17, 15) is 13.2 Å². The summed E-state index contributed by atoms with van der Waals surface area (Å²) in [7, 11) is 0. The molecule has 1 N–H and O–H groups in total. The third-order valence-corrected chi connectivity index (χ3v) is 5.43. The normalized spacial score (nSPS) is 14.3. The minimum atomic E-state index is -4.39. The lowest BCUT2D eigenvalue weighted by molar-refractivity contribution is -0.137. The van der Waals surface area contributed by atoms with E-state index in [0.29, 0.717) is 25.3 Å². The molecule has 0 saturated carbocycles. The SMILES string of the molecule is Cc1cccc(C)c1OCCCN1CCN(C(=N)c2cccc(C(F)(F)F)c2)CC1.Cl.Cl. The minimum Gasteiger partial charge on any atom is -0.493 e. The maximum Gasteiger partial charge on any atom is 0.416 e.